The molecule has 1 aliphatic heterocycles. The number of aromatic nitrogens is 1. The van der Waals surface area contributed by atoms with E-state index >= 15 is 0 Å². The Labute approximate surface area is 247 Å². The molecule has 8 heteroatoms. The molecule has 2 heterocycles. The largest absolute Gasteiger partial charge is 0.480 e. The lowest BCUT2D eigenvalue weighted by Gasteiger charge is -2.41. The monoisotopic (exact) mass is 572 g/mol. The van der Waals surface area contributed by atoms with Crippen LogP contribution < -0.4 is 0 Å². The molecule has 222 valence electrons. The number of aliphatic carboxylic acids is 1. The number of carboxylic acid groups (broad SMARTS) is 1. The first-order valence-electron chi connectivity index (χ1n) is 14.5. The topological polar surface area (TPSA) is 114 Å². The van der Waals surface area contributed by atoms with E-state index < -0.39 is 29.7 Å². The molecule has 1 fully saturated rings. The minimum Gasteiger partial charge on any atom is -0.480 e. The number of aryl methyl sites for hydroxylation is 1. The fourth-order valence-electron chi connectivity index (χ4n) is 4.92. The number of esters is 1. The second-order valence-electron chi connectivity index (χ2n) is 10.5. The second kappa shape index (κ2) is 16.2. The van der Waals surface area contributed by atoms with E-state index in [1.165, 1.54) is 19.8 Å². The SMILES string of the molecule is CCCCCCOC(=O)Cc1cc(C)ccn1.C[C@H]1C(=O)N(C(=O)CC(c2ccccc2)c2ccccc2)[C@@H]1C(=O)O. The molecule has 8 nitrogen and oxygen atoms in total. The van der Waals surface area contributed by atoms with Gasteiger partial charge in [-0.3, -0.25) is 24.3 Å². The summed E-state index contributed by atoms with van der Waals surface area (Å²) in [5, 5.41) is 9.26. The van der Waals surface area contributed by atoms with Crippen LogP contribution in [0.1, 0.15) is 74.3 Å². The lowest BCUT2D eigenvalue weighted by Crippen LogP contribution is -2.65. The summed E-state index contributed by atoms with van der Waals surface area (Å²) in [6, 6.07) is 21.9. The quantitative estimate of drug-likeness (QED) is 0.168. The normalized spacial score (nSPS) is 15.8. The van der Waals surface area contributed by atoms with Crippen molar-refractivity contribution in [2.75, 3.05) is 6.61 Å². The van der Waals surface area contributed by atoms with E-state index in [4.69, 9.17) is 4.74 Å². The predicted octanol–water partition coefficient (Wildman–Crippen LogP) is 5.72. The number of pyridine rings is 1. The Kier molecular flexibility index (Phi) is 12.4. The lowest BCUT2D eigenvalue weighted by atomic mass is 9.85. The van der Waals surface area contributed by atoms with Crippen molar-refractivity contribution in [2.24, 2.45) is 5.92 Å². The number of carbonyl (C=O) groups excluding carboxylic acids is 3. The van der Waals surface area contributed by atoms with Gasteiger partial charge >= 0.3 is 11.9 Å². The smallest absolute Gasteiger partial charge is 0.327 e. The number of ether oxygens (including phenoxy) is 1. The van der Waals surface area contributed by atoms with E-state index in [1.807, 2.05) is 79.7 Å². The summed E-state index contributed by atoms with van der Waals surface area (Å²) in [7, 11) is 0. The van der Waals surface area contributed by atoms with Crippen molar-refractivity contribution in [2.45, 2.75) is 71.3 Å². The minimum absolute atomic E-state index is 0.0519. The summed E-state index contributed by atoms with van der Waals surface area (Å²) in [6.45, 7) is 6.22. The lowest BCUT2D eigenvalue weighted by molar-refractivity contribution is -0.176. The van der Waals surface area contributed by atoms with Crippen LogP contribution >= 0.6 is 0 Å². The fraction of sp³-hybridized carbons (Fsp3) is 0.382. The Hall–Kier alpha value is -4.33. The van der Waals surface area contributed by atoms with Crippen LogP contribution in [0.5, 0.6) is 0 Å². The Morgan fingerprint density at radius 3 is 2.12 bits per heavy atom. The number of unbranched alkanes of at least 4 members (excludes halogenated alkanes) is 3. The highest BCUT2D eigenvalue weighted by Gasteiger charge is 2.52. The fourth-order valence-corrected chi connectivity index (χ4v) is 4.92. The molecule has 0 unspecified atom stereocenters. The van der Waals surface area contributed by atoms with E-state index in [0.717, 1.165) is 40.1 Å². The first kappa shape index (κ1) is 32.2. The summed E-state index contributed by atoms with van der Waals surface area (Å²) < 4.78 is 5.15. The number of rotatable bonds is 12. The zero-order chi connectivity index (χ0) is 30.5. The molecule has 0 spiro atoms. The van der Waals surface area contributed by atoms with Gasteiger partial charge in [-0.1, -0.05) is 93.8 Å². The molecule has 1 saturated heterocycles. The number of β-lactam (4-membered cyclic amide) rings is 1. The maximum absolute atomic E-state index is 12.7. The first-order chi connectivity index (χ1) is 20.2. The molecule has 2 amide bonds. The standard InChI is InChI=1S/C20H19NO4.C14H21NO2/c1-13-18(20(24)25)21(19(13)23)17(22)12-16(14-8-4-2-5-9-14)15-10-6-3-7-11-15;1-3-4-5-6-9-17-14(16)11-13-10-12(2)7-8-15-13/h2-11,13,16,18H,12H2,1H3,(H,24,25);7-8,10H,3-6,9,11H2,1-2H3/t13-,18+;/m1./s1. The number of carboxylic acids is 1. The van der Waals surface area contributed by atoms with Crippen LogP contribution in [0.15, 0.2) is 79.0 Å². The Bertz CT molecular complexity index is 1290. The van der Waals surface area contributed by atoms with Crippen molar-refractivity contribution in [3.63, 3.8) is 0 Å². The van der Waals surface area contributed by atoms with Crippen LogP contribution in [0.3, 0.4) is 0 Å². The predicted molar refractivity (Wildman–Crippen MR) is 160 cm³/mol. The molecule has 42 heavy (non-hydrogen) atoms. The zero-order valence-corrected chi connectivity index (χ0v) is 24.6. The van der Waals surface area contributed by atoms with Crippen LogP contribution in [0, 0.1) is 12.8 Å². The first-order valence-corrected chi connectivity index (χ1v) is 14.5. The molecule has 0 saturated carbocycles. The highest BCUT2D eigenvalue weighted by atomic mass is 16.5. The number of hydrogen-bond donors (Lipinski definition) is 1. The molecule has 3 aromatic rings. The third-order valence-corrected chi connectivity index (χ3v) is 7.24. The van der Waals surface area contributed by atoms with Crippen molar-refractivity contribution in [3.8, 4) is 0 Å². The van der Waals surface area contributed by atoms with E-state index in [-0.39, 0.29) is 24.7 Å². The van der Waals surface area contributed by atoms with E-state index in [2.05, 4.69) is 11.9 Å². The van der Waals surface area contributed by atoms with Gasteiger partial charge in [-0.2, -0.15) is 0 Å². The zero-order valence-electron chi connectivity index (χ0n) is 24.6. The Morgan fingerprint density at radius 1 is 0.952 bits per heavy atom. The van der Waals surface area contributed by atoms with Crippen molar-refractivity contribution >= 4 is 23.8 Å². The van der Waals surface area contributed by atoms with Crippen molar-refractivity contribution < 1.29 is 29.0 Å². The van der Waals surface area contributed by atoms with Gasteiger partial charge < -0.3 is 9.84 Å². The van der Waals surface area contributed by atoms with Crippen molar-refractivity contribution in [3.05, 3.63) is 101 Å². The van der Waals surface area contributed by atoms with Gasteiger partial charge in [-0.05, 0) is 42.2 Å². The average molecular weight is 573 g/mol. The van der Waals surface area contributed by atoms with Gasteiger partial charge in [-0.25, -0.2) is 4.79 Å². The number of likely N-dealkylation sites (tertiary alicyclic amines) is 1. The molecular formula is C34H40N2O6. The minimum atomic E-state index is -1.14. The molecule has 2 aromatic carbocycles. The third-order valence-electron chi connectivity index (χ3n) is 7.24. The van der Waals surface area contributed by atoms with Crippen LogP contribution in [0.25, 0.3) is 0 Å². The second-order valence-corrected chi connectivity index (χ2v) is 10.5. The van der Waals surface area contributed by atoms with Crippen LogP contribution in [-0.4, -0.2) is 51.4 Å². The van der Waals surface area contributed by atoms with E-state index in [0.29, 0.717) is 6.61 Å². The summed E-state index contributed by atoms with van der Waals surface area (Å²) in [5.41, 5.74) is 3.80. The van der Waals surface area contributed by atoms with Gasteiger partial charge in [0.2, 0.25) is 11.8 Å². The number of hydrogen-bond acceptors (Lipinski definition) is 6. The molecular weight excluding hydrogens is 532 g/mol. The van der Waals surface area contributed by atoms with E-state index in [1.54, 1.807) is 6.20 Å². The highest BCUT2D eigenvalue weighted by Crippen LogP contribution is 2.33. The number of amides is 2. The summed E-state index contributed by atoms with van der Waals surface area (Å²) in [5.74, 6) is -3.08. The summed E-state index contributed by atoms with van der Waals surface area (Å²) in [4.78, 5) is 52.6. The Morgan fingerprint density at radius 2 is 1.57 bits per heavy atom. The summed E-state index contributed by atoms with van der Waals surface area (Å²) >= 11 is 0. The van der Waals surface area contributed by atoms with Gasteiger partial charge in [-0.15, -0.1) is 0 Å². The number of carbonyl (C=O) groups is 4. The molecule has 1 N–H and O–H groups in total. The van der Waals surface area contributed by atoms with Crippen LogP contribution in [0.4, 0.5) is 0 Å². The molecule has 0 radical (unpaired) electrons. The number of benzene rings is 2. The molecule has 4 rings (SSSR count). The number of nitrogens with zero attached hydrogens (tertiary/aromatic N) is 2. The maximum Gasteiger partial charge on any atom is 0.327 e. The van der Waals surface area contributed by atoms with E-state index in [9.17, 15) is 24.3 Å². The van der Waals surface area contributed by atoms with Crippen LogP contribution in [-0.2, 0) is 30.3 Å². The van der Waals surface area contributed by atoms with Gasteiger partial charge in [0, 0.05) is 18.5 Å². The van der Waals surface area contributed by atoms with Gasteiger partial charge in [0.05, 0.1) is 24.6 Å². The Balaban J connectivity index is 0.000000250. The third kappa shape index (κ3) is 9.09. The average Bonchev–Trinajstić information content (AvgIpc) is 2.99. The molecule has 1 aliphatic rings. The summed E-state index contributed by atoms with van der Waals surface area (Å²) in [6.07, 6.45) is 6.54. The van der Waals surface area contributed by atoms with Crippen molar-refractivity contribution in [1.82, 2.24) is 9.88 Å². The maximum atomic E-state index is 12.7. The molecule has 0 aliphatic carbocycles. The number of imide groups is 1. The molecule has 1 aromatic heterocycles. The van der Waals surface area contributed by atoms with Gasteiger partial charge in [0.1, 0.15) is 6.04 Å². The van der Waals surface area contributed by atoms with Gasteiger partial charge in [0.25, 0.3) is 0 Å². The van der Waals surface area contributed by atoms with Gasteiger partial charge in [0.15, 0.2) is 0 Å². The highest BCUT2D eigenvalue weighted by molar-refractivity contribution is 6.08. The molecule has 0 bridgehead atoms. The molecule has 2 atom stereocenters. The van der Waals surface area contributed by atoms with Crippen molar-refractivity contribution in [1.29, 1.82) is 0 Å². The van der Waals surface area contributed by atoms with Crippen LogP contribution in [0.2, 0.25) is 0 Å².